The maximum atomic E-state index is 13.0. The quantitative estimate of drug-likeness (QED) is 0.655. The average Bonchev–Trinajstić information content (AvgIpc) is 2.95. The molecule has 1 amide bonds. The molecule has 1 aromatic rings. The van der Waals surface area contributed by atoms with E-state index in [4.69, 9.17) is 15.7 Å². The fourth-order valence-electron chi connectivity index (χ4n) is 2.81. The number of carbonyl (C=O) groups excluding carboxylic acids is 1. The topological polar surface area (TPSA) is 148 Å². The van der Waals surface area contributed by atoms with Crippen molar-refractivity contribution in [1.82, 2.24) is 4.90 Å². The van der Waals surface area contributed by atoms with Gasteiger partial charge in [0.2, 0.25) is 5.91 Å². The molecule has 9 nitrogen and oxygen atoms in total. The molecule has 1 fully saturated rings. The number of sulfone groups is 2. The van der Waals surface area contributed by atoms with Crippen molar-refractivity contribution in [2.45, 2.75) is 36.4 Å². The number of nitrogens with zero attached hydrogens (tertiary/aromatic N) is 2. The highest BCUT2D eigenvalue weighted by Gasteiger charge is 2.48. The van der Waals surface area contributed by atoms with Crippen LogP contribution >= 0.6 is 0 Å². The molecule has 2 atom stereocenters. The zero-order chi connectivity index (χ0) is 21.3. The number of carbonyl (C=O) groups is 1. The van der Waals surface area contributed by atoms with Gasteiger partial charge in [-0.2, -0.15) is 5.26 Å². The first kappa shape index (κ1) is 22.1. The van der Waals surface area contributed by atoms with Crippen molar-refractivity contribution >= 4 is 25.6 Å². The van der Waals surface area contributed by atoms with Crippen LogP contribution in [0.1, 0.15) is 19.4 Å². The van der Waals surface area contributed by atoms with Crippen molar-refractivity contribution in [2.75, 3.05) is 18.7 Å². The van der Waals surface area contributed by atoms with Crippen molar-refractivity contribution in [3.05, 3.63) is 29.8 Å². The second-order valence-electron chi connectivity index (χ2n) is 7.18. The van der Waals surface area contributed by atoms with E-state index in [0.29, 0.717) is 11.3 Å². The highest BCUT2D eigenvalue weighted by Crippen LogP contribution is 2.28. The monoisotopic (exact) mass is 429 g/mol. The van der Waals surface area contributed by atoms with Gasteiger partial charge in [0.25, 0.3) is 0 Å². The van der Waals surface area contributed by atoms with Crippen molar-refractivity contribution in [1.29, 1.82) is 5.26 Å². The molecule has 0 radical (unpaired) electrons. The Hall–Kier alpha value is -2.16. The first-order valence-corrected chi connectivity index (χ1v) is 11.8. The molecule has 1 aromatic carbocycles. The van der Waals surface area contributed by atoms with Gasteiger partial charge in [-0.1, -0.05) is 12.1 Å². The van der Waals surface area contributed by atoms with E-state index >= 15 is 0 Å². The maximum absolute atomic E-state index is 13.0. The van der Waals surface area contributed by atoms with Crippen LogP contribution in [0.3, 0.4) is 0 Å². The smallest absolute Gasteiger partial charge is 0.243 e. The lowest BCUT2D eigenvalue weighted by Crippen LogP contribution is -2.59. The lowest BCUT2D eigenvalue weighted by Gasteiger charge is -2.33. The Labute approximate surface area is 164 Å². The highest BCUT2D eigenvalue weighted by atomic mass is 32.2. The Morgan fingerprint density at radius 2 is 1.96 bits per heavy atom. The number of hydrogen-bond donors (Lipinski definition) is 1. The van der Waals surface area contributed by atoms with Crippen LogP contribution in [0.15, 0.2) is 24.3 Å². The molecule has 0 aliphatic carbocycles. The van der Waals surface area contributed by atoms with Crippen molar-refractivity contribution < 1.29 is 26.4 Å². The number of benzene rings is 1. The van der Waals surface area contributed by atoms with E-state index in [1.54, 1.807) is 30.3 Å². The van der Waals surface area contributed by atoms with Crippen LogP contribution in [-0.4, -0.2) is 63.2 Å². The summed E-state index contributed by atoms with van der Waals surface area (Å²) in [5, 5.41) is 9.12. The molecule has 1 aliphatic heterocycles. The molecule has 28 heavy (non-hydrogen) atoms. The van der Waals surface area contributed by atoms with Crippen LogP contribution in [0.2, 0.25) is 0 Å². The molecule has 0 spiro atoms. The summed E-state index contributed by atoms with van der Waals surface area (Å²) in [4.78, 5) is 13.6. The van der Waals surface area contributed by atoms with E-state index in [-0.39, 0.29) is 5.75 Å². The van der Waals surface area contributed by atoms with E-state index in [9.17, 15) is 21.6 Å². The number of hydrogen-bond acceptors (Lipinski definition) is 8. The average molecular weight is 430 g/mol. The van der Waals surface area contributed by atoms with Gasteiger partial charge < -0.3 is 15.4 Å². The fraction of sp³-hybridized carbons (Fsp3) is 0.529. The number of ether oxygens (including phenoxy) is 1. The zero-order valence-corrected chi connectivity index (χ0v) is 17.5. The van der Waals surface area contributed by atoms with E-state index < -0.39 is 54.0 Å². The standard InChI is InChI=1S/C17H23N3O6S2/c1-17(2,28(24,25)9-12-4-6-14(26-3)7-5-12)15(19)16(21)20-11-27(22,23)10-13(20)8-18/h4-7,13,15H,9-11,19H2,1-3H3/t13-,15-/m1/s1. The van der Waals surface area contributed by atoms with Gasteiger partial charge >= 0.3 is 0 Å². The lowest BCUT2D eigenvalue weighted by molar-refractivity contribution is -0.132. The van der Waals surface area contributed by atoms with Gasteiger partial charge in [-0.15, -0.1) is 0 Å². The van der Waals surface area contributed by atoms with Crippen LogP contribution in [-0.2, 0) is 30.2 Å². The van der Waals surface area contributed by atoms with E-state index in [2.05, 4.69) is 0 Å². The Morgan fingerprint density at radius 1 is 1.39 bits per heavy atom. The summed E-state index contributed by atoms with van der Waals surface area (Å²) in [6.07, 6.45) is 0. The van der Waals surface area contributed by atoms with E-state index in [0.717, 1.165) is 4.90 Å². The summed E-state index contributed by atoms with van der Waals surface area (Å²) in [5.74, 6) is -1.79. The Balaban J connectivity index is 2.25. The van der Waals surface area contributed by atoms with Crippen molar-refractivity contribution in [3.63, 3.8) is 0 Å². The Kier molecular flexibility index (Phi) is 6.08. The number of rotatable bonds is 6. The maximum Gasteiger partial charge on any atom is 0.243 e. The molecular formula is C17H23N3O6S2. The largest absolute Gasteiger partial charge is 0.497 e. The third-order valence-corrected chi connectivity index (χ3v) is 8.95. The minimum absolute atomic E-state index is 0.356. The number of nitrogens with two attached hydrogens (primary N) is 1. The van der Waals surface area contributed by atoms with Crippen LogP contribution in [0.4, 0.5) is 0 Å². The third kappa shape index (κ3) is 4.29. The number of amides is 1. The third-order valence-electron chi connectivity index (χ3n) is 4.89. The predicted molar refractivity (Wildman–Crippen MR) is 103 cm³/mol. The summed E-state index contributed by atoms with van der Waals surface area (Å²) < 4.78 is 52.8. The van der Waals surface area contributed by atoms with E-state index in [1.807, 2.05) is 0 Å². The Morgan fingerprint density at radius 3 is 2.46 bits per heavy atom. The molecule has 1 saturated heterocycles. The molecule has 1 heterocycles. The summed E-state index contributed by atoms with van der Waals surface area (Å²) in [7, 11) is -6.02. The van der Waals surface area contributed by atoms with Crippen molar-refractivity contribution in [2.24, 2.45) is 5.73 Å². The van der Waals surface area contributed by atoms with Gasteiger partial charge in [-0.25, -0.2) is 16.8 Å². The second kappa shape index (κ2) is 7.69. The molecule has 0 unspecified atom stereocenters. The predicted octanol–water partition coefficient (Wildman–Crippen LogP) is -0.177. The number of methoxy groups -OCH3 is 1. The van der Waals surface area contributed by atoms with Gasteiger partial charge in [0.1, 0.15) is 23.7 Å². The van der Waals surface area contributed by atoms with E-state index in [1.165, 1.54) is 21.0 Å². The van der Waals surface area contributed by atoms with Gasteiger partial charge in [-0.05, 0) is 31.5 Å². The highest BCUT2D eigenvalue weighted by molar-refractivity contribution is 7.92. The SMILES string of the molecule is COc1ccc(CS(=O)(=O)C(C)(C)[C@H](N)C(=O)N2CS(=O)(=O)C[C@H]2C#N)cc1. The van der Waals surface area contributed by atoms with Gasteiger partial charge in [0.15, 0.2) is 19.7 Å². The molecule has 11 heteroatoms. The van der Waals surface area contributed by atoms with Gasteiger partial charge in [0.05, 0.1) is 29.4 Å². The summed E-state index contributed by atoms with van der Waals surface area (Å²) in [6, 6.07) is 5.48. The molecule has 0 bridgehead atoms. The molecule has 1 aliphatic rings. The summed E-state index contributed by atoms with van der Waals surface area (Å²) in [5.41, 5.74) is 6.46. The summed E-state index contributed by atoms with van der Waals surface area (Å²) >= 11 is 0. The first-order valence-electron chi connectivity index (χ1n) is 8.36. The molecule has 0 saturated carbocycles. The molecule has 2 N–H and O–H groups in total. The van der Waals surface area contributed by atoms with Crippen LogP contribution < -0.4 is 10.5 Å². The van der Waals surface area contributed by atoms with Crippen LogP contribution in [0.25, 0.3) is 0 Å². The normalized spacial score (nSPS) is 20.4. The Bertz CT molecular complexity index is 994. The second-order valence-corrected chi connectivity index (χ2v) is 11.8. The van der Waals surface area contributed by atoms with Gasteiger partial charge in [0, 0.05) is 0 Å². The fourth-order valence-corrected chi connectivity index (χ4v) is 5.87. The zero-order valence-electron chi connectivity index (χ0n) is 15.8. The van der Waals surface area contributed by atoms with Crippen molar-refractivity contribution in [3.8, 4) is 11.8 Å². The molecule has 154 valence electrons. The van der Waals surface area contributed by atoms with Gasteiger partial charge in [-0.3, -0.25) is 4.79 Å². The molecular weight excluding hydrogens is 406 g/mol. The van der Waals surface area contributed by atoms with Crippen LogP contribution in [0.5, 0.6) is 5.75 Å². The summed E-state index contributed by atoms with van der Waals surface area (Å²) in [6.45, 7) is 2.64. The lowest BCUT2D eigenvalue weighted by atomic mass is 10.0. The first-order chi connectivity index (χ1) is 12.8. The van der Waals surface area contributed by atoms with Crippen LogP contribution in [0, 0.1) is 11.3 Å². The molecule has 2 rings (SSSR count). The minimum atomic E-state index is -3.90. The minimum Gasteiger partial charge on any atom is -0.497 e. The number of nitriles is 1. The molecule has 0 aromatic heterocycles.